The number of ketones is 1. The Hall–Kier alpha value is -3.08. The van der Waals surface area contributed by atoms with Crippen molar-refractivity contribution in [3.8, 4) is 11.3 Å². The first kappa shape index (κ1) is 23.2. The van der Waals surface area contributed by atoms with Crippen molar-refractivity contribution in [3.63, 3.8) is 0 Å². The lowest BCUT2D eigenvalue weighted by Gasteiger charge is -2.09. The van der Waals surface area contributed by atoms with Crippen LogP contribution in [0, 0.1) is 12.8 Å². The van der Waals surface area contributed by atoms with Crippen molar-refractivity contribution in [2.75, 3.05) is 5.32 Å². The molecule has 1 N–H and O–H groups in total. The molecular weight excluding hydrogens is 377 g/mol. The summed E-state index contributed by atoms with van der Waals surface area (Å²) >= 11 is 0. The molecule has 0 saturated carbocycles. The second-order valence-electron chi connectivity index (χ2n) is 8.45. The number of carbonyl (C=O) groups is 1. The van der Waals surface area contributed by atoms with Crippen LogP contribution in [0.15, 0.2) is 60.9 Å². The summed E-state index contributed by atoms with van der Waals surface area (Å²) in [4.78, 5) is 20.8. The van der Waals surface area contributed by atoms with Gasteiger partial charge in [0.15, 0.2) is 5.78 Å². The Kier molecular flexibility index (Phi) is 7.81. The molecule has 0 fully saturated rings. The maximum Gasteiger partial charge on any atom is 0.165 e. The number of halogens is 1. The zero-order chi connectivity index (χ0) is 22.3. The molecule has 0 bridgehead atoms. The zero-order valence-electron chi connectivity index (χ0n) is 18.5. The highest BCUT2D eigenvalue weighted by Crippen LogP contribution is 2.23. The molecule has 0 unspecified atom stereocenters. The summed E-state index contributed by atoms with van der Waals surface area (Å²) in [6, 6.07) is 17.6. The van der Waals surface area contributed by atoms with E-state index < -0.39 is 5.67 Å². The fraction of sp³-hybridized carbons (Fsp3) is 0.320. The van der Waals surface area contributed by atoms with Crippen molar-refractivity contribution >= 4 is 17.3 Å². The zero-order valence-corrected chi connectivity index (χ0v) is 18.5. The topological polar surface area (TPSA) is 54.9 Å². The number of anilines is 2. The number of Topliss-reactive ketones (excluding diaryl/α,β-unsaturated/α-hetero) is 1. The SMILES string of the molecule is CC(C)(C)F.Cc1ccc(Nc2cc(-c3cccc(C(=O)C(C)C)c3)ncn2)cc1. The molecule has 4 nitrogen and oxygen atoms in total. The molecule has 2 aromatic carbocycles. The number of aromatic nitrogens is 2. The summed E-state index contributed by atoms with van der Waals surface area (Å²) in [7, 11) is 0. The van der Waals surface area contributed by atoms with Gasteiger partial charge in [-0.1, -0.05) is 49.7 Å². The van der Waals surface area contributed by atoms with Gasteiger partial charge in [-0.3, -0.25) is 4.79 Å². The molecule has 158 valence electrons. The van der Waals surface area contributed by atoms with Gasteiger partial charge in [-0.15, -0.1) is 0 Å². The summed E-state index contributed by atoms with van der Waals surface area (Å²) < 4.78 is 11.7. The second-order valence-corrected chi connectivity index (χ2v) is 8.45. The van der Waals surface area contributed by atoms with Crippen molar-refractivity contribution in [1.82, 2.24) is 9.97 Å². The average Bonchev–Trinajstić information content (AvgIpc) is 2.68. The van der Waals surface area contributed by atoms with Crippen molar-refractivity contribution in [2.24, 2.45) is 5.92 Å². The maximum atomic E-state index is 12.2. The molecule has 1 aromatic heterocycles. The molecule has 0 aliphatic heterocycles. The summed E-state index contributed by atoms with van der Waals surface area (Å²) in [5, 5.41) is 3.28. The Labute approximate surface area is 178 Å². The van der Waals surface area contributed by atoms with Crippen LogP contribution in [-0.2, 0) is 0 Å². The third-order valence-corrected chi connectivity index (χ3v) is 3.96. The van der Waals surface area contributed by atoms with E-state index in [1.54, 1.807) is 0 Å². The predicted molar refractivity (Wildman–Crippen MR) is 122 cm³/mol. The lowest BCUT2D eigenvalue weighted by molar-refractivity contribution is 0.0939. The van der Waals surface area contributed by atoms with E-state index in [2.05, 4.69) is 22.2 Å². The first-order valence-electron chi connectivity index (χ1n) is 10.0. The first-order valence-corrected chi connectivity index (χ1v) is 10.0. The Bertz CT molecular complexity index is 970. The van der Waals surface area contributed by atoms with E-state index in [4.69, 9.17) is 0 Å². The van der Waals surface area contributed by atoms with Crippen molar-refractivity contribution in [2.45, 2.75) is 47.2 Å². The number of nitrogens with zero attached hydrogens (tertiary/aromatic N) is 2. The smallest absolute Gasteiger partial charge is 0.165 e. The van der Waals surface area contributed by atoms with E-state index in [1.807, 2.05) is 68.4 Å². The van der Waals surface area contributed by atoms with Gasteiger partial charge < -0.3 is 5.32 Å². The third-order valence-electron chi connectivity index (χ3n) is 3.96. The van der Waals surface area contributed by atoms with Crippen LogP contribution in [0.5, 0.6) is 0 Å². The van der Waals surface area contributed by atoms with Crippen molar-refractivity contribution < 1.29 is 9.18 Å². The van der Waals surface area contributed by atoms with Gasteiger partial charge in [0.25, 0.3) is 0 Å². The Morgan fingerprint density at radius 3 is 2.23 bits per heavy atom. The van der Waals surface area contributed by atoms with Crippen LogP contribution < -0.4 is 5.32 Å². The molecule has 0 aliphatic carbocycles. The summed E-state index contributed by atoms with van der Waals surface area (Å²) in [5.74, 6) is 0.822. The van der Waals surface area contributed by atoms with Crippen LogP contribution in [0.1, 0.15) is 50.5 Å². The van der Waals surface area contributed by atoms with Gasteiger partial charge in [-0.25, -0.2) is 14.4 Å². The molecule has 0 spiro atoms. The van der Waals surface area contributed by atoms with E-state index in [9.17, 15) is 9.18 Å². The molecule has 30 heavy (non-hydrogen) atoms. The number of benzene rings is 2. The average molecular weight is 408 g/mol. The van der Waals surface area contributed by atoms with E-state index in [0.717, 1.165) is 22.8 Å². The van der Waals surface area contributed by atoms with E-state index in [1.165, 1.54) is 32.7 Å². The monoisotopic (exact) mass is 407 g/mol. The molecule has 3 rings (SSSR count). The number of rotatable bonds is 5. The summed E-state index contributed by atoms with van der Waals surface area (Å²) in [6.07, 6.45) is 1.53. The first-order chi connectivity index (χ1) is 14.0. The summed E-state index contributed by atoms with van der Waals surface area (Å²) in [6.45, 7) is 10.4. The molecule has 5 heteroatoms. The standard InChI is InChI=1S/C21H21N3O.C4H9F/c1-14(2)21(25)17-6-4-5-16(11-17)19-12-20(23-13-22-19)24-18-9-7-15(3)8-10-18;1-4(2,3)5/h4-14H,1-3H3,(H,22,23,24);1-3H3. The fourth-order valence-corrected chi connectivity index (χ4v) is 2.53. The van der Waals surface area contributed by atoms with Gasteiger partial charge in [0, 0.05) is 28.8 Å². The van der Waals surface area contributed by atoms with Crippen LogP contribution in [0.3, 0.4) is 0 Å². The van der Waals surface area contributed by atoms with E-state index in [0.29, 0.717) is 5.56 Å². The Balaban J connectivity index is 0.000000575. The number of carbonyl (C=O) groups excluding carboxylic acids is 1. The molecule has 0 radical (unpaired) electrons. The largest absolute Gasteiger partial charge is 0.340 e. The number of hydrogen-bond donors (Lipinski definition) is 1. The lowest BCUT2D eigenvalue weighted by atomic mass is 9.98. The van der Waals surface area contributed by atoms with Crippen LogP contribution in [0.25, 0.3) is 11.3 Å². The highest BCUT2D eigenvalue weighted by molar-refractivity contribution is 5.98. The number of nitrogens with one attached hydrogen (secondary N) is 1. The van der Waals surface area contributed by atoms with Gasteiger partial charge in [0.05, 0.1) is 5.69 Å². The number of aryl methyl sites for hydroxylation is 1. The molecule has 0 atom stereocenters. The van der Waals surface area contributed by atoms with Crippen molar-refractivity contribution in [3.05, 3.63) is 72.1 Å². The molecule has 0 aliphatic rings. The molecule has 1 heterocycles. The van der Waals surface area contributed by atoms with Gasteiger partial charge >= 0.3 is 0 Å². The van der Waals surface area contributed by atoms with Gasteiger partial charge in [0.2, 0.25) is 0 Å². The summed E-state index contributed by atoms with van der Waals surface area (Å²) in [5.41, 5.74) is 3.57. The fourth-order valence-electron chi connectivity index (χ4n) is 2.53. The van der Waals surface area contributed by atoms with Crippen LogP contribution >= 0.6 is 0 Å². The van der Waals surface area contributed by atoms with Gasteiger partial charge in [-0.05, 0) is 45.9 Å². The minimum absolute atomic E-state index is 0.0283. The van der Waals surface area contributed by atoms with E-state index in [-0.39, 0.29) is 11.7 Å². The maximum absolute atomic E-state index is 12.2. The van der Waals surface area contributed by atoms with Gasteiger partial charge in [0.1, 0.15) is 17.8 Å². The number of alkyl halides is 1. The second kappa shape index (κ2) is 10.1. The van der Waals surface area contributed by atoms with Crippen LogP contribution in [0.2, 0.25) is 0 Å². The molecule has 0 amide bonds. The number of hydrogen-bond acceptors (Lipinski definition) is 4. The lowest BCUT2D eigenvalue weighted by Crippen LogP contribution is -2.07. The van der Waals surface area contributed by atoms with Crippen LogP contribution in [-0.4, -0.2) is 21.4 Å². The third kappa shape index (κ3) is 7.74. The van der Waals surface area contributed by atoms with Crippen molar-refractivity contribution in [1.29, 1.82) is 0 Å². The Morgan fingerprint density at radius 2 is 1.63 bits per heavy atom. The van der Waals surface area contributed by atoms with Gasteiger partial charge in [-0.2, -0.15) is 0 Å². The quantitative estimate of drug-likeness (QED) is 0.473. The minimum Gasteiger partial charge on any atom is -0.340 e. The highest BCUT2D eigenvalue weighted by atomic mass is 19.1. The molecular formula is C25H30FN3O. The molecule has 0 saturated heterocycles. The normalized spacial score (nSPS) is 10.9. The highest BCUT2D eigenvalue weighted by Gasteiger charge is 2.12. The predicted octanol–water partition coefficient (Wildman–Crippen LogP) is 6.79. The van der Waals surface area contributed by atoms with E-state index >= 15 is 0 Å². The molecule has 3 aromatic rings. The van der Waals surface area contributed by atoms with Crippen LogP contribution in [0.4, 0.5) is 15.9 Å². The Morgan fingerprint density at radius 1 is 1.00 bits per heavy atom. The minimum atomic E-state index is -1.00.